The van der Waals surface area contributed by atoms with E-state index in [1.807, 2.05) is 42.5 Å². The minimum atomic E-state index is -0.759. The third-order valence-corrected chi connectivity index (χ3v) is 6.50. The van der Waals surface area contributed by atoms with Crippen molar-refractivity contribution in [2.24, 2.45) is 5.92 Å². The molecule has 2 aromatic carbocycles. The first-order chi connectivity index (χ1) is 14.1. The number of ketones is 1. The van der Waals surface area contributed by atoms with Gasteiger partial charge in [-0.2, -0.15) is 0 Å². The lowest BCUT2D eigenvalue weighted by atomic mass is 9.80. The van der Waals surface area contributed by atoms with Crippen LogP contribution >= 0.6 is 0 Å². The second-order valence-electron chi connectivity index (χ2n) is 8.13. The van der Waals surface area contributed by atoms with E-state index < -0.39 is 5.60 Å². The highest BCUT2D eigenvalue weighted by atomic mass is 16.5. The summed E-state index contributed by atoms with van der Waals surface area (Å²) < 4.78 is 10.9. The zero-order valence-electron chi connectivity index (χ0n) is 17.2. The van der Waals surface area contributed by atoms with Crippen molar-refractivity contribution in [1.29, 1.82) is 0 Å². The summed E-state index contributed by atoms with van der Waals surface area (Å²) in [7, 11) is 3.24. The second-order valence-corrected chi connectivity index (χ2v) is 8.13. The summed E-state index contributed by atoms with van der Waals surface area (Å²) in [4.78, 5) is 15.5. The quantitative estimate of drug-likeness (QED) is 0.841. The average Bonchev–Trinajstić information content (AvgIpc) is 2.77. The third-order valence-electron chi connectivity index (χ3n) is 6.50. The van der Waals surface area contributed by atoms with Crippen LogP contribution in [0.25, 0.3) is 0 Å². The van der Waals surface area contributed by atoms with Crippen molar-refractivity contribution in [1.82, 2.24) is 4.90 Å². The average molecular weight is 395 g/mol. The Morgan fingerprint density at radius 3 is 2.45 bits per heavy atom. The van der Waals surface area contributed by atoms with E-state index >= 15 is 0 Å². The molecule has 0 aromatic heterocycles. The molecule has 1 aliphatic heterocycles. The number of hydrogen-bond acceptors (Lipinski definition) is 5. The number of nitrogens with zero attached hydrogens (tertiary/aromatic N) is 1. The Hall–Kier alpha value is -2.37. The molecule has 29 heavy (non-hydrogen) atoms. The van der Waals surface area contributed by atoms with Gasteiger partial charge in [0.25, 0.3) is 0 Å². The number of benzene rings is 2. The van der Waals surface area contributed by atoms with Crippen LogP contribution in [0.15, 0.2) is 42.5 Å². The first-order valence-electron chi connectivity index (χ1n) is 10.3. The van der Waals surface area contributed by atoms with Crippen LogP contribution in [0, 0.1) is 5.92 Å². The van der Waals surface area contributed by atoms with Crippen molar-refractivity contribution in [2.45, 2.75) is 31.3 Å². The number of rotatable bonds is 5. The zero-order valence-corrected chi connectivity index (χ0v) is 17.2. The molecular formula is C24H29NO4. The van der Waals surface area contributed by atoms with Crippen molar-refractivity contribution in [3.8, 4) is 11.5 Å². The molecule has 0 amide bonds. The Morgan fingerprint density at radius 2 is 1.79 bits per heavy atom. The van der Waals surface area contributed by atoms with Crippen LogP contribution in [0.3, 0.4) is 0 Å². The predicted molar refractivity (Wildman–Crippen MR) is 112 cm³/mol. The first kappa shape index (κ1) is 19.9. The van der Waals surface area contributed by atoms with Gasteiger partial charge in [0.2, 0.25) is 0 Å². The highest BCUT2D eigenvalue weighted by Gasteiger charge is 2.36. The Kier molecular flexibility index (Phi) is 5.61. The molecular weight excluding hydrogens is 366 g/mol. The van der Waals surface area contributed by atoms with E-state index in [9.17, 15) is 9.90 Å². The van der Waals surface area contributed by atoms with Gasteiger partial charge in [0, 0.05) is 36.7 Å². The molecule has 4 rings (SSSR count). The van der Waals surface area contributed by atoms with Crippen molar-refractivity contribution >= 4 is 5.78 Å². The largest absolute Gasteiger partial charge is 0.493 e. The number of carbonyl (C=O) groups excluding carboxylic acids is 1. The molecule has 1 aliphatic carbocycles. The lowest BCUT2D eigenvalue weighted by Gasteiger charge is -2.40. The van der Waals surface area contributed by atoms with Gasteiger partial charge >= 0.3 is 0 Å². The highest BCUT2D eigenvalue weighted by Crippen LogP contribution is 2.39. The molecule has 0 spiro atoms. The van der Waals surface area contributed by atoms with Crippen LogP contribution in [0.4, 0.5) is 0 Å². The molecule has 0 radical (unpaired) electrons. The second kappa shape index (κ2) is 8.17. The molecule has 1 heterocycles. The summed E-state index contributed by atoms with van der Waals surface area (Å²) in [6.07, 6.45) is 3.02. The van der Waals surface area contributed by atoms with Crippen molar-refractivity contribution in [3.05, 3.63) is 59.2 Å². The lowest BCUT2D eigenvalue weighted by Crippen LogP contribution is -2.45. The summed E-state index contributed by atoms with van der Waals surface area (Å²) in [6.45, 7) is 2.35. The van der Waals surface area contributed by atoms with Gasteiger partial charge in [-0.3, -0.25) is 4.79 Å². The molecule has 1 fully saturated rings. The van der Waals surface area contributed by atoms with Crippen molar-refractivity contribution in [2.75, 3.05) is 33.9 Å². The molecule has 5 nitrogen and oxygen atoms in total. The summed E-state index contributed by atoms with van der Waals surface area (Å²) in [6, 6.07) is 13.6. The SMILES string of the molecule is COc1ccc2c(c1OC)CCC(CN1CCC(O)(c3ccccc3)CC1)C2=O. The molecule has 5 heteroatoms. The van der Waals surface area contributed by atoms with Gasteiger partial charge in [-0.25, -0.2) is 0 Å². The Labute approximate surface area is 172 Å². The van der Waals surface area contributed by atoms with Gasteiger partial charge in [0.1, 0.15) is 0 Å². The summed E-state index contributed by atoms with van der Waals surface area (Å²) >= 11 is 0. The Morgan fingerprint density at radius 1 is 1.07 bits per heavy atom. The molecule has 0 saturated carbocycles. The molecule has 2 aliphatic rings. The van der Waals surface area contributed by atoms with E-state index in [1.165, 1.54) is 0 Å². The van der Waals surface area contributed by atoms with Crippen LogP contribution in [0.1, 0.15) is 40.7 Å². The lowest BCUT2D eigenvalue weighted by molar-refractivity contribution is -0.0283. The summed E-state index contributed by atoms with van der Waals surface area (Å²) in [5.41, 5.74) is 1.95. The van der Waals surface area contributed by atoms with E-state index in [2.05, 4.69) is 4.90 Å². The van der Waals surface area contributed by atoms with Gasteiger partial charge in [-0.1, -0.05) is 30.3 Å². The topological polar surface area (TPSA) is 59.0 Å². The number of likely N-dealkylation sites (tertiary alicyclic amines) is 1. The highest BCUT2D eigenvalue weighted by molar-refractivity contribution is 6.01. The standard InChI is InChI=1S/C24H29NO4/c1-28-21-11-10-19-20(23(21)29-2)9-8-17(22(19)26)16-25-14-12-24(27,13-15-25)18-6-4-3-5-7-18/h3-7,10-11,17,27H,8-9,12-16H2,1-2H3. The van der Waals surface area contributed by atoms with Crippen molar-refractivity contribution < 1.29 is 19.4 Å². The van der Waals surface area contributed by atoms with Crippen LogP contribution in [-0.2, 0) is 12.0 Å². The van der Waals surface area contributed by atoms with E-state index in [0.717, 1.165) is 49.2 Å². The maximum Gasteiger partial charge on any atom is 0.167 e. The number of aliphatic hydroxyl groups is 1. The third kappa shape index (κ3) is 3.77. The number of fused-ring (bicyclic) bond motifs is 1. The first-order valence-corrected chi connectivity index (χ1v) is 10.3. The molecule has 2 aromatic rings. The minimum Gasteiger partial charge on any atom is -0.493 e. The van der Waals surface area contributed by atoms with Gasteiger partial charge < -0.3 is 19.5 Å². The predicted octanol–water partition coefficient (Wildman–Crippen LogP) is 3.43. The van der Waals surface area contributed by atoms with Crippen LogP contribution in [0.2, 0.25) is 0 Å². The fourth-order valence-electron chi connectivity index (χ4n) is 4.77. The number of methoxy groups -OCH3 is 2. The summed E-state index contributed by atoms with van der Waals surface area (Å²) in [5, 5.41) is 11.0. The maximum absolute atomic E-state index is 13.1. The van der Waals surface area contributed by atoms with Gasteiger partial charge in [-0.15, -0.1) is 0 Å². The van der Waals surface area contributed by atoms with Gasteiger partial charge in [0.15, 0.2) is 17.3 Å². The number of Topliss-reactive ketones (excluding diaryl/α,β-unsaturated/α-hetero) is 1. The van der Waals surface area contributed by atoms with Crippen molar-refractivity contribution in [3.63, 3.8) is 0 Å². The molecule has 154 valence electrons. The molecule has 1 N–H and O–H groups in total. The summed E-state index contributed by atoms with van der Waals surface area (Å²) in [5.74, 6) is 1.54. The number of hydrogen-bond donors (Lipinski definition) is 1. The van der Waals surface area contributed by atoms with Gasteiger partial charge in [0.05, 0.1) is 19.8 Å². The van der Waals surface area contributed by atoms with Crippen LogP contribution in [0.5, 0.6) is 11.5 Å². The molecule has 1 saturated heterocycles. The van der Waals surface area contributed by atoms with E-state index in [4.69, 9.17) is 9.47 Å². The normalized spacial score (nSPS) is 21.5. The van der Waals surface area contributed by atoms with E-state index in [1.54, 1.807) is 14.2 Å². The number of carbonyl (C=O) groups is 1. The van der Waals surface area contributed by atoms with E-state index in [0.29, 0.717) is 24.3 Å². The smallest absolute Gasteiger partial charge is 0.167 e. The molecule has 1 atom stereocenters. The monoisotopic (exact) mass is 395 g/mol. The maximum atomic E-state index is 13.1. The minimum absolute atomic E-state index is 0.0106. The molecule has 0 bridgehead atoms. The Balaban J connectivity index is 1.43. The van der Waals surface area contributed by atoms with Crippen LogP contribution < -0.4 is 9.47 Å². The van der Waals surface area contributed by atoms with E-state index in [-0.39, 0.29) is 11.7 Å². The fourth-order valence-corrected chi connectivity index (χ4v) is 4.77. The zero-order chi connectivity index (χ0) is 20.4. The van der Waals surface area contributed by atoms with Crippen LogP contribution in [-0.4, -0.2) is 49.6 Å². The van der Waals surface area contributed by atoms with Gasteiger partial charge in [-0.05, 0) is 43.4 Å². The number of piperidine rings is 1. The number of ether oxygens (including phenoxy) is 2. The molecule has 1 unspecified atom stereocenters. The Bertz CT molecular complexity index is 872. The fraction of sp³-hybridized carbons (Fsp3) is 0.458.